The van der Waals surface area contributed by atoms with Crippen LogP contribution in [0.4, 0.5) is 5.69 Å². The lowest BCUT2D eigenvalue weighted by Gasteiger charge is -2.23. The van der Waals surface area contributed by atoms with Crippen LogP contribution in [0, 0.1) is 0 Å². The first-order valence-corrected chi connectivity index (χ1v) is 12.9. The van der Waals surface area contributed by atoms with Crippen molar-refractivity contribution >= 4 is 37.6 Å². The van der Waals surface area contributed by atoms with Crippen molar-refractivity contribution in [1.29, 1.82) is 0 Å². The van der Waals surface area contributed by atoms with Crippen LogP contribution in [0.5, 0.6) is 0 Å². The fourth-order valence-corrected chi connectivity index (χ4v) is 6.20. The molecule has 10 nitrogen and oxygen atoms in total. The molecule has 0 aromatic heterocycles. The van der Waals surface area contributed by atoms with E-state index in [0.717, 1.165) is 8.61 Å². The van der Waals surface area contributed by atoms with Gasteiger partial charge in [0.2, 0.25) is 20.0 Å². The van der Waals surface area contributed by atoms with Gasteiger partial charge >= 0.3 is 5.97 Å². The summed E-state index contributed by atoms with van der Waals surface area (Å²) in [6, 6.07) is 10.3. The zero-order chi connectivity index (χ0) is 24.4. The predicted octanol–water partition coefficient (Wildman–Crippen LogP) is 1.52. The molecule has 12 heteroatoms. The first-order valence-electron chi connectivity index (χ1n) is 10.0. The molecule has 1 atom stereocenters. The Bertz CT molecular complexity index is 1260. The molecule has 2 aromatic carbocycles. The minimum atomic E-state index is -4.10. The van der Waals surface area contributed by atoms with E-state index >= 15 is 0 Å². The number of nitrogens with one attached hydrogen (secondary N) is 1. The average Bonchev–Trinajstić information content (AvgIpc) is 3.30. The Morgan fingerprint density at radius 2 is 1.67 bits per heavy atom. The fraction of sp³-hybridized carbons (Fsp3) is 0.333. The van der Waals surface area contributed by atoms with Gasteiger partial charge in [-0.3, -0.25) is 9.59 Å². The molecular weight excluding hydrogens is 470 g/mol. The number of amides is 1. The van der Waals surface area contributed by atoms with Gasteiger partial charge in [-0.2, -0.15) is 4.31 Å². The monoisotopic (exact) mass is 495 g/mol. The number of ether oxygens (including phenoxy) is 1. The predicted molar refractivity (Wildman–Crippen MR) is 121 cm³/mol. The number of benzene rings is 2. The second-order valence-corrected chi connectivity index (χ2v) is 11.6. The highest BCUT2D eigenvalue weighted by Gasteiger charge is 2.41. The maximum absolute atomic E-state index is 13.3. The fourth-order valence-electron chi connectivity index (χ4n) is 3.50. The van der Waals surface area contributed by atoms with Crippen LogP contribution in [-0.2, 0) is 29.6 Å². The van der Waals surface area contributed by atoms with Gasteiger partial charge in [0.05, 0.1) is 17.7 Å². The number of methoxy groups -OCH3 is 1. The lowest BCUT2D eigenvalue weighted by atomic mass is 10.2. The van der Waals surface area contributed by atoms with E-state index in [1.165, 1.54) is 63.7 Å². The molecule has 1 fully saturated rings. The van der Waals surface area contributed by atoms with Crippen LogP contribution in [0.15, 0.2) is 58.3 Å². The minimum absolute atomic E-state index is 0.0231. The van der Waals surface area contributed by atoms with Crippen molar-refractivity contribution in [3.63, 3.8) is 0 Å². The summed E-state index contributed by atoms with van der Waals surface area (Å²) < 4.78 is 57.9. The van der Waals surface area contributed by atoms with E-state index in [0.29, 0.717) is 12.8 Å². The van der Waals surface area contributed by atoms with Gasteiger partial charge in [-0.15, -0.1) is 0 Å². The van der Waals surface area contributed by atoms with Gasteiger partial charge in [-0.25, -0.2) is 21.1 Å². The third-order valence-electron chi connectivity index (χ3n) is 5.29. The van der Waals surface area contributed by atoms with Crippen LogP contribution in [-0.4, -0.2) is 71.1 Å². The number of rotatable bonds is 7. The molecule has 1 amide bonds. The Labute approximate surface area is 193 Å². The molecule has 0 saturated carbocycles. The van der Waals surface area contributed by atoms with Gasteiger partial charge in [0.15, 0.2) is 0 Å². The molecule has 0 unspecified atom stereocenters. The number of hydrogen-bond acceptors (Lipinski definition) is 7. The van der Waals surface area contributed by atoms with Crippen molar-refractivity contribution in [3.05, 3.63) is 54.1 Å². The van der Waals surface area contributed by atoms with E-state index in [1.807, 2.05) is 0 Å². The summed E-state index contributed by atoms with van der Waals surface area (Å²) in [5, 5.41) is 2.57. The quantitative estimate of drug-likeness (QED) is 0.576. The number of nitrogens with zero attached hydrogens (tertiary/aromatic N) is 2. The van der Waals surface area contributed by atoms with E-state index in [9.17, 15) is 26.4 Å². The Hall–Kier alpha value is -2.80. The molecule has 0 bridgehead atoms. The molecule has 1 aliphatic rings. The van der Waals surface area contributed by atoms with Crippen LogP contribution in [0.2, 0.25) is 0 Å². The maximum Gasteiger partial charge on any atom is 0.324 e. The third kappa shape index (κ3) is 4.93. The Balaban J connectivity index is 1.88. The average molecular weight is 496 g/mol. The standard InChI is InChI=1S/C21H25N3O7S2/c1-23(2)32(27,28)16-12-10-15(11-13-16)20(25)22-17-7-4-5-9-19(17)33(29,30)24-14-6-8-18(24)21(26)31-3/h4-5,7,9-13,18H,6,8,14H2,1-3H3,(H,22,25)/t18-/m1/s1. The summed E-state index contributed by atoms with van der Waals surface area (Å²) in [6.45, 7) is 0.159. The largest absolute Gasteiger partial charge is 0.468 e. The number of anilines is 1. The number of sulfonamides is 2. The summed E-state index contributed by atoms with van der Waals surface area (Å²) in [5.74, 6) is -1.25. The molecule has 1 saturated heterocycles. The SMILES string of the molecule is COC(=O)[C@H]1CCCN1S(=O)(=O)c1ccccc1NC(=O)c1ccc(S(=O)(=O)N(C)C)cc1. The zero-order valence-electron chi connectivity index (χ0n) is 18.4. The van der Waals surface area contributed by atoms with Crippen molar-refractivity contribution in [3.8, 4) is 0 Å². The van der Waals surface area contributed by atoms with Gasteiger partial charge in [0.1, 0.15) is 10.9 Å². The molecule has 1 aliphatic heterocycles. The van der Waals surface area contributed by atoms with Crippen molar-refractivity contribution in [2.75, 3.05) is 33.1 Å². The minimum Gasteiger partial charge on any atom is -0.468 e. The highest BCUT2D eigenvalue weighted by Crippen LogP contribution is 2.31. The smallest absolute Gasteiger partial charge is 0.324 e. The van der Waals surface area contributed by atoms with E-state index in [2.05, 4.69) is 5.32 Å². The molecular formula is C21H25N3O7S2. The van der Waals surface area contributed by atoms with Gasteiger partial charge in [-0.1, -0.05) is 12.1 Å². The lowest BCUT2D eigenvalue weighted by molar-refractivity contribution is -0.144. The normalized spacial score (nSPS) is 17.2. The number of carbonyl (C=O) groups is 2. The molecule has 1 heterocycles. The lowest BCUT2D eigenvalue weighted by Crippen LogP contribution is -2.41. The summed E-state index contributed by atoms with van der Waals surface area (Å²) in [5.41, 5.74) is 0.191. The molecule has 178 valence electrons. The summed E-state index contributed by atoms with van der Waals surface area (Å²) >= 11 is 0. The highest BCUT2D eigenvalue weighted by molar-refractivity contribution is 7.89. The summed E-state index contributed by atoms with van der Waals surface area (Å²) in [7, 11) is -3.75. The van der Waals surface area contributed by atoms with Gasteiger partial charge in [0.25, 0.3) is 5.91 Å². The highest BCUT2D eigenvalue weighted by atomic mass is 32.2. The van der Waals surface area contributed by atoms with Crippen LogP contribution >= 0.6 is 0 Å². The first-order chi connectivity index (χ1) is 15.5. The van der Waals surface area contributed by atoms with E-state index < -0.39 is 38.0 Å². The number of para-hydroxylation sites is 1. The Morgan fingerprint density at radius 1 is 1.03 bits per heavy atom. The number of hydrogen-bond donors (Lipinski definition) is 1. The van der Waals surface area contributed by atoms with Gasteiger partial charge in [0, 0.05) is 26.2 Å². The van der Waals surface area contributed by atoms with Crippen molar-refractivity contribution in [2.24, 2.45) is 0 Å². The van der Waals surface area contributed by atoms with Crippen LogP contribution < -0.4 is 5.32 Å². The second-order valence-electron chi connectivity index (χ2n) is 7.56. The molecule has 33 heavy (non-hydrogen) atoms. The molecule has 0 aliphatic carbocycles. The van der Waals surface area contributed by atoms with Crippen LogP contribution in [0.1, 0.15) is 23.2 Å². The van der Waals surface area contributed by atoms with E-state index in [4.69, 9.17) is 4.74 Å². The van der Waals surface area contributed by atoms with Crippen molar-refractivity contribution in [2.45, 2.75) is 28.7 Å². The summed E-state index contributed by atoms with van der Waals surface area (Å²) in [4.78, 5) is 24.7. The van der Waals surface area contributed by atoms with E-state index in [-0.39, 0.29) is 27.6 Å². The second kappa shape index (κ2) is 9.59. The molecule has 0 radical (unpaired) electrons. The first kappa shape index (κ1) is 24.8. The molecule has 0 spiro atoms. The molecule has 2 aromatic rings. The number of carbonyl (C=O) groups excluding carboxylic acids is 2. The number of esters is 1. The van der Waals surface area contributed by atoms with Crippen molar-refractivity contribution in [1.82, 2.24) is 8.61 Å². The topological polar surface area (TPSA) is 130 Å². The molecule has 1 N–H and O–H groups in total. The van der Waals surface area contributed by atoms with Gasteiger partial charge in [-0.05, 0) is 49.2 Å². The van der Waals surface area contributed by atoms with E-state index in [1.54, 1.807) is 6.07 Å². The Morgan fingerprint density at radius 3 is 2.27 bits per heavy atom. The summed E-state index contributed by atoms with van der Waals surface area (Å²) in [6.07, 6.45) is 0.859. The third-order valence-corrected chi connectivity index (χ3v) is 9.09. The maximum atomic E-state index is 13.3. The molecule has 3 rings (SSSR count). The van der Waals surface area contributed by atoms with Crippen molar-refractivity contribution < 1.29 is 31.2 Å². The van der Waals surface area contributed by atoms with Gasteiger partial charge < -0.3 is 10.1 Å². The Kier molecular flexibility index (Phi) is 7.22. The van der Waals surface area contributed by atoms with Crippen LogP contribution in [0.25, 0.3) is 0 Å². The zero-order valence-corrected chi connectivity index (χ0v) is 20.0. The van der Waals surface area contributed by atoms with Crippen LogP contribution in [0.3, 0.4) is 0 Å².